The van der Waals surface area contributed by atoms with Crippen LogP contribution in [-0.2, 0) is 6.54 Å². The van der Waals surface area contributed by atoms with Crippen LogP contribution in [0.15, 0.2) is 79.1 Å². The molecular formula is C26H25N9O. The van der Waals surface area contributed by atoms with E-state index in [0.717, 1.165) is 36.3 Å². The predicted octanol–water partition coefficient (Wildman–Crippen LogP) is 3.86. The molecular weight excluding hydrogens is 454 g/mol. The summed E-state index contributed by atoms with van der Waals surface area (Å²) in [5.41, 5.74) is 3.17. The lowest BCUT2D eigenvalue weighted by atomic mass is 10.1. The Kier molecular flexibility index (Phi) is 5.74. The molecule has 10 nitrogen and oxygen atoms in total. The van der Waals surface area contributed by atoms with Gasteiger partial charge < -0.3 is 15.5 Å². The minimum atomic E-state index is -0.232. The maximum atomic E-state index is 12.6. The molecule has 5 aromatic rings. The van der Waals surface area contributed by atoms with Crippen molar-refractivity contribution >= 4 is 29.3 Å². The summed E-state index contributed by atoms with van der Waals surface area (Å²) >= 11 is 0. The van der Waals surface area contributed by atoms with Crippen LogP contribution < -0.4 is 15.5 Å². The summed E-state index contributed by atoms with van der Waals surface area (Å²) < 4.78 is 1.86. The average molecular weight is 480 g/mol. The van der Waals surface area contributed by atoms with E-state index in [1.807, 2.05) is 77.5 Å². The molecule has 0 spiro atoms. The van der Waals surface area contributed by atoms with Gasteiger partial charge in [0.15, 0.2) is 5.82 Å². The Morgan fingerprint density at radius 1 is 1.06 bits per heavy atom. The van der Waals surface area contributed by atoms with Crippen LogP contribution in [0.3, 0.4) is 0 Å². The van der Waals surface area contributed by atoms with Crippen LogP contribution in [0, 0.1) is 0 Å². The van der Waals surface area contributed by atoms with Crippen molar-refractivity contribution in [2.75, 3.05) is 16.8 Å². The van der Waals surface area contributed by atoms with Crippen molar-refractivity contribution in [1.82, 2.24) is 34.9 Å². The predicted molar refractivity (Wildman–Crippen MR) is 136 cm³/mol. The van der Waals surface area contributed by atoms with Gasteiger partial charge >= 0.3 is 0 Å². The topological polar surface area (TPSA) is 116 Å². The highest BCUT2D eigenvalue weighted by Crippen LogP contribution is 2.34. The van der Waals surface area contributed by atoms with Crippen LogP contribution in [0.2, 0.25) is 0 Å². The van der Waals surface area contributed by atoms with E-state index in [2.05, 4.69) is 30.7 Å². The van der Waals surface area contributed by atoms with E-state index >= 15 is 0 Å². The lowest BCUT2D eigenvalue weighted by Gasteiger charge is -2.24. The van der Waals surface area contributed by atoms with Crippen LogP contribution in [0.5, 0.6) is 0 Å². The fourth-order valence-corrected chi connectivity index (χ4v) is 4.51. The first-order chi connectivity index (χ1) is 17.7. The number of fused-ring (bicyclic) bond motifs is 1. The molecule has 4 aromatic heterocycles. The van der Waals surface area contributed by atoms with Crippen molar-refractivity contribution in [3.63, 3.8) is 0 Å². The maximum absolute atomic E-state index is 12.6. The first kappa shape index (κ1) is 21.8. The van der Waals surface area contributed by atoms with Crippen molar-refractivity contribution in [2.24, 2.45) is 0 Å². The minimum Gasteiger partial charge on any atom is -0.347 e. The monoisotopic (exact) mass is 479 g/mol. The molecule has 0 saturated carbocycles. The molecule has 0 radical (unpaired) electrons. The second kappa shape index (κ2) is 9.49. The smallest absolute Gasteiger partial charge is 0.269 e. The summed E-state index contributed by atoms with van der Waals surface area (Å²) in [7, 11) is 0. The molecule has 1 fully saturated rings. The molecule has 5 heterocycles. The Bertz CT molecular complexity index is 1480. The first-order valence-electron chi connectivity index (χ1n) is 11.9. The summed E-state index contributed by atoms with van der Waals surface area (Å²) in [5, 5.41) is 13.2. The van der Waals surface area contributed by atoms with Crippen LogP contribution in [-0.4, -0.2) is 42.0 Å². The van der Waals surface area contributed by atoms with Gasteiger partial charge in [0.1, 0.15) is 11.3 Å². The van der Waals surface area contributed by atoms with Crippen LogP contribution >= 0.6 is 0 Å². The molecule has 3 N–H and O–H groups in total. The van der Waals surface area contributed by atoms with Gasteiger partial charge in [0.2, 0.25) is 11.9 Å². The quantitative estimate of drug-likeness (QED) is 0.325. The Morgan fingerprint density at radius 3 is 2.81 bits per heavy atom. The zero-order valence-corrected chi connectivity index (χ0v) is 19.5. The number of benzene rings is 1. The lowest BCUT2D eigenvalue weighted by molar-refractivity contribution is 0.0946. The first-order valence-corrected chi connectivity index (χ1v) is 11.9. The molecule has 1 aliphatic rings. The van der Waals surface area contributed by atoms with Crippen LogP contribution in [0.1, 0.15) is 40.6 Å². The van der Waals surface area contributed by atoms with E-state index in [-0.39, 0.29) is 11.9 Å². The number of rotatable bonds is 7. The largest absolute Gasteiger partial charge is 0.347 e. The van der Waals surface area contributed by atoms with E-state index < -0.39 is 0 Å². The number of hydrogen-bond donors (Lipinski definition) is 3. The van der Waals surface area contributed by atoms with Crippen molar-refractivity contribution in [2.45, 2.75) is 25.4 Å². The molecule has 36 heavy (non-hydrogen) atoms. The highest BCUT2D eigenvalue weighted by atomic mass is 16.1. The summed E-state index contributed by atoms with van der Waals surface area (Å²) in [6.45, 7) is 1.29. The SMILES string of the molecule is O=C(NCc1ccccc1)c1cc(Nc2nc(N3CCCC3c3ccccn3)nc3cccn23)n[nH]1. The summed E-state index contributed by atoms with van der Waals surface area (Å²) in [4.78, 5) is 29.0. The third kappa shape index (κ3) is 4.36. The third-order valence-corrected chi connectivity index (χ3v) is 6.27. The Balaban J connectivity index is 1.23. The number of pyridine rings is 1. The zero-order chi connectivity index (χ0) is 24.3. The van der Waals surface area contributed by atoms with Gasteiger partial charge in [0.05, 0.1) is 11.7 Å². The van der Waals surface area contributed by atoms with Gasteiger partial charge in [-0.25, -0.2) is 0 Å². The number of nitrogens with zero attached hydrogens (tertiary/aromatic N) is 6. The summed E-state index contributed by atoms with van der Waals surface area (Å²) in [6.07, 6.45) is 5.75. The molecule has 1 aromatic carbocycles. The molecule has 180 valence electrons. The standard InChI is InChI=1S/C26H25N9O/c36-24(28-17-18-8-2-1-3-9-18)20-16-22(33-32-20)29-25-31-26(30-23-12-7-15-35(23)25)34-14-6-11-21(34)19-10-4-5-13-27-19/h1-5,7-10,12-13,15-16,21H,6,11,14,17H2,(H,28,36)(H2,29,30,31,32,33). The molecule has 0 bridgehead atoms. The van der Waals surface area contributed by atoms with Gasteiger partial charge in [-0.3, -0.25) is 19.3 Å². The van der Waals surface area contributed by atoms with Gasteiger partial charge in [0, 0.05) is 31.5 Å². The molecule has 0 aliphatic carbocycles. The Morgan fingerprint density at radius 2 is 1.94 bits per heavy atom. The minimum absolute atomic E-state index is 0.127. The van der Waals surface area contributed by atoms with Crippen LogP contribution in [0.4, 0.5) is 17.7 Å². The number of H-pyrrole nitrogens is 1. The van der Waals surface area contributed by atoms with E-state index in [9.17, 15) is 4.79 Å². The maximum Gasteiger partial charge on any atom is 0.269 e. The van der Waals surface area contributed by atoms with Crippen molar-refractivity contribution in [1.29, 1.82) is 0 Å². The number of carbonyl (C=O) groups is 1. The molecule has 1 unspecified atom stereocenters. The number of nitrogens with one attached hydrogen (secondary N) is 3. The fourth-order valence-electron chi connectivity index (χ4n) is 4.51. The highest BCUT2D eigenvalue weighted by Gasteiger charge is 2.29. The van der Waals surface area contributed by atoms with Crippen molar-refractivity contribution in [3.05, 3.63) is 96.1 Å². The second-order valence-corrected chi connectivity index (χ2v) is 8.65. The van der Waals surface area contributed by atoms with E-state index in [0.29, 0.717) is 30.0 Å². The van der Waals surface area contributed by atoms with E-state index in [1.54, 1.807) is 6.07 Å². The molecule has 10 heteroatoms. The zero-order valence-electron chi connectivity index (χ0n) is 19.5. The van der Waals surface area contributed by atoms with Crippen molar-refractivity contribution < 1.29 is 4.79 Å². The average Bonchev–Trinajstić information content (AvgIpc) is 3.69. The number of amides is 1. The summed E-state index contributed by atoms with van der Waals surface area (Å²) in [6, 6.07) is 21.4. The van der Waals surface area contributed by atoms with Gasteiger partial charge in [-0.15, -0.1) is 0 Å². The number of carbonyl (C=O) groups excluding carboxylic acids is 1. The number of anilines is 3. The molecule has 1 saturated heterocycles. The van der Waals surface area contributed by atoms with E-state index in [4.69, 9.17) is 9.97 Å². The van der Waals surface area contributed by atoms with Gasteiger partial charge in [-0.1, -0.05) is 36.4 Å². The van der Waals surface area contributed by atoms with Gasteiger partial charge in [-0.2, -0.15) is 15.1 Å². The lowest BCUT2D eigenvalue weighted by Crippen LogP contribution is -2.26. The normalized spacial score (nSPS) is 15.3. The van der Waals surface area contributed by atoms with Crippen LogP contribution in [0.25, 0.3) is 5.65 Å². The molecule has 6 rings (SSSR count). The third-order valence-electron chi connectivity index (χ3n) is 6.27. The molecule has 1 atom stereocenters. The highest BCUT2D eigenvalue weighted by molar-refractivity contribution is 5.93. The number of aromatic nitrogens is 6. The molecule has 1 amide bonds. The second-order valence-electron chi connectivity index (χ2n) is 8.65. The Hall–Kier alpha value is -4.73. The van der Waals surface area contributed by atoms with Gasteiger partial charge in [0.25, 0.3) is 5.91 Å². The summed E-state index contributed by atoms with van der Waals surface area (Å²) in [5.74, 6) is 1.45. The van der Waals surface area contributed by atoms with Crippen molar-refractivity contribution in [3.8, 4) is 0 Å². The van der Waals surface area contributed by atoms with Gasteiger partial charge in [-0.05, 0) is 42.7 Å². The number of hydrogen-bond acceptors (Lipinski definition) is 7. The Labute approximate surface area is 207 Å². The number of aromatic amines is 1. The fraction of sp³-hybridized carbons (Fsp3) is 0.192. The molecule has 1 aliphatic heterocycles. The van der Waals surface area contributed by atoms with E-state index in [1.165, 1.54) is 0 Å².